The van der Waals surface area contributed by atoms with Gasteiger partial charge in [-0.3, -0.25) is 10.2 Å². The minimum absolute atomic E-state index is 0.0180. The number of amides is 1. The number of nitrogens with two attached hydrogens (primary N) is 1. The van der Waals surface area contributed by atoms with Crippen molar-refractivity contribution in [3.63, 3.8) is 0 Å². The van der Waals surface area contributed by atoms with Crippen LogP contribution in [0.15, 0.2) is 24.3 Å². The maximum Gasteiger partial charge on any atom is 0.254 e. The highest BCUT2D eigenvalue weighted by Gasteiger charge is 2.19. The minimum atomic E-state index is -0.229. The topological polar surface area (TPSA) is 154 Å². The Bertz CT molecular complexity index is 923. The molecule has 0 saturated carbocycles. The molecule has 3 heterocycles. The third-order valence-electron chi connectivity index (χ3n) is 5.26. The van der Waals surface area contributed by atoms with Gasteiger partial charge in [-0.1, -0.05) is 0 Å². The van der Waals surface area contributed by atoms with Crippen molar-refractivity contribution in [3.05, 3.63) is 35.5 Å². The van der Waals surface area contributed by atoms with Crippen LogP contribution in [0.4, 0.5) is 17.5 Å². The highest BCUT2D eigenvalue weighted by Crippen LogP contribution is 2.20. The first-order valence-electron chi connectivity index (χ1n) is 10.4. The van der Waals surface area contributed by atoms with Crippen LogP contribution < -0.4 is 21.7 Å². The molecule has 1 aromatic heterocycles. The van der Waals surface area contributed by atoms with Gasteiger partial charge in [0.25, 0.3) is 5.91 Å². The molecule has 0 bridgehead atoms. The van der Waals surface area contributed by atoms with Gasteiger partial charge in [-0.2, -0.15) is 4.98 Å². The molecule has 2 aliphatic heterocycles. The lowest BCUT2D eigenvalue weighted by molar-refractivity contribution is 0.0303. The number of ether oxygens (including phenoxy) is 1. The van der Waals surface area contributed by atoms with E-state index in [-0.39, 0.29) is 23.5 Å². The van der Waals surface area contributed by atoms with Gasteiger partial charge < -0.3 is 31.3 Å². The minimum Gasteiger partial charge on any atom is -0.382 e. The number of aromatic nitrogens is 3. The Morgan fingerprint density at radius 2 is 2.00 bits per heavy atom. The fourth-order valence-electron chi connectivity index (χ4n) is 3.60. The van der Waals surface area contributed by atoms with Crippen LogP contribution in [0, 0.1) is 5.41 Å². The van der Waals surface area contributed by atoms with Crippen molar-refractivity contribution in [2.24, 2.45) is 5.73 Å². The molecule has 0 spiro atoms. The first-order valence-corrected chi connectivity index (χ1v) is 10.4. The Hall–Kier alpha value is -3.31. The summed E-state index contributed by atoms with van der Waals surface area (Å²) in [7, 11) is 0. The average molecular weight is 425 g/mol. The second kappa shape index (κ2) is 9.67. The van der Waals surface area contributed by atoms with Crippen LogP contribution in [-0.2, 0) is 4.74 Å². The van der Waals surface area contributed by atoms with Crippen LogP contribution in [0.5, 0.6) is 0 Å². The Balaban J connectivity index is 1.48. The SMILES string of the molecule is N=C(N)c1nnc(N[C@@H]2CCCNC2)nc1Nc1ccc(C(=O)N2CCOCC2)cc1. The van der Waals surface area contributed by atoms with Crippen LogP contribution in [0.3, 0.4) is 0 Å². The number of nitrogens with one attached hydrogen (secondary N) is 4. The van der Waals surface area contributed by atoms with Crippen molar-refractivity contribution in [3.8, 4) is 0 Å². The molecule has 2 saturated heterocycles. The second-order valence-electron chi connectivity index (χ2n) is 7.54. The molecule has 2 aromatic rings. The van der Waals surface area contributed by atoms with Gasteiger partial charge >= 0.3 is 0 Å². The number of hydrogen-bond donors (Lipinski definition) is 5. The first-order chi connectivity index (χ1) is 15.1. The number of carbonyl (C=O) groups is 1. The molecule has 0 radical (unpaired) electrons. The number of benzene rings is 1. The van der Waals surface area contributed by atoms with E-state index in [1.807, 2.05) is 0 Å². The molecule has 31 heavy (non-hydrogen) atoms. The van der Waals surface area contributed by atoms with E-state index in [2.05, 4.69) is 31.1 Å². The van der Waals surface area contributed by atoms with Gasteiger partial charge in [0.2, 0.25) is 5.95 Å². The maximum absolute atomic E-state index is 12.6. The number of amidine groups is 1. The number of hydrogen-bond acceptors (Lipinski definition) is 9. The molecule has 0 unspecified atom stereocenters. The molecule has 1 aromatic carbocycles. The Kier molecular flexibility index (Phi) is 6.53. The van der Waals surface area contributed by atoms with E-state index < -0.39 is 0 Å². The van der Waals surface area contributed by atoms with Crippen LogP contribution in [0.25, 0.3) is 0 Å². The van der Waals surface area contributed by atoms with Crippen LogP contribution >= 0.6 is 0 Å². The summed E-state index contributed by atoms with van der Waals surface area (Å²) in [5.74, 6) is 0.462. The monoisotopic (exact) mass is 425 g/mol. The van der Waals surface area contributed by atoms with E-state index >= 15 is 0 Å². The molecule has 1 atom stereocenters. The smallest absolute Gasteiger partial charge is 0.254 e. The molecule has 1 amide bonds. The predicted octanol–water partition coefficient (Wildman–Crippen LogP) is 0.536. The van der Waals surface area contributed by atoms with Crippen LogP contribution in [0.2, 0.25) is 0 Å². The maximum atomic E-state index is 12.6. The number of rotatable bonds is 6. The molecule has 0 aliphatic carbocycles. The average Bonchev–Trinajstić information content (AvgIpc) is 2.80. The summed E-state index contributed by atoms with van der Waals surface area (Å²) in [6.07, 6.45) is 2.10. The quantitative estimate of drug-likeness (QED) is 0.329. The zero-order valence-electron chi connectivity index (χ0n) is 17.2. The Labute approximate surface area is 180 Å². The van der Waals surface area contributed by atoms with Crippen molar-refractivity contribution < 1.29 is 9.53 Å². The molecular formula is C20H27N9O2. The summed E-state index contributed by atoms with van der Waals surface area (Å²) >= 11 is 0. The molecule has 2 aliphatic rings. The molecule has 2 fully saturated rings. The normalized spacial score (nSPS) is 19.0. The summed E-state index contributed by atoms with van der Waals surface area (Å²) in [6, 6.07) is 7.32. The van der Waals surface area contributed by atoms with Crippen molar-refractivity contribution >= 4 is 29.2 Å². The van der Waals surface area contributed by atoms with Crippen LogP contribution in [-0.4, -0.2) is 77.3 Å². The molecule has 4 rings (SSSR count). The van der Waals surface area contributed by atoms with Gasteiger partial charge in [0, 0.05) is 36.9 Å². The Morgan fingerprint density at radius 3 is 2.68 bits per heavy atom. The van der Waals surface area contributed by atoms with E-state index in [1.54, 1.807) is 29.2 Å². The summed E-state index contributed by atoms with van der Waals surface area (Å²) < 4.78 is 5.30. The van der Waals surface area contributed by atoms with Crippen molar-refractivity contribution in [2.75, 3.05) is 50.0 Å². The molecule has 164 valence electrons. The molecular weight excluding hydrogens is 398 g/mol. The first kappa shape index (κ1) is 20.9. The van der Waals surface area contributed by atoms with Gasteiger partial charge in [0.15, 0.2) is 11.5 Å². The molecule has 11 nitrogen and oxygen atoms in total. The van der Waals surface area contributed by atoms with Crippen molar-refractivity contribution in [1.29, 1.82) is 5.41 Å². The molecule has 11 heteroatoms. The third kappa shape index (κ3) is 5.25. The number of carbonyl (C=O) groups excluding carboxylic acids is 1. The second-order valence-corrected chi connectivity index (χ2v) is 7.54. The number of piperidine rings is 1. The van der Waals surface area contributed by atoms with Gasteiger partial charge in [0.1, 0.15) is 5.84 Å². The van der Waals surface area contributed by atoms with Gasteiger partial charge in [-0.15, -0.1) is 10.2 Å². The third-order valence-corrected chi connectivity index (χ3v) is 5.26. The van der Waals surface area contributed by atoms with Crippen LogP contribution in [0.1, 0.15) is 28.9 Å². The van der Waals surface area contributed by atoms with Gasteiger partial charge in [-0.05, 0) is 43.7 Å². The van der Waals surface area contributed by atoms with E-state index in [4.69, 9.17) is 15.9 Å². The summed E-state index contributed by atoms with van der Waals surface area (Å²) in [5.41, 5.74) is 7.13. The largest absolute Gasteiger partial charge is 0.382 e. The summed E-state index contributed by atoms with van der Waals surface area (Å²) in [6.45, 7) is 4.16. The van der Waals surface area contributed by atoms with Gasteiger partial charge in [0.05, 0.1) is 13.2 Å². The lowest BCUT2D eigenvalue weighted by atomic mass is 10.1. The fraction of sp³-hybridized carbons (Fsp3) is 0.450. The van der Waals surface area contributed by atoms with Gasteiger partial charge in [-0.25, -0.2) is 0 Å². The summed E-state index contributed by atoms with van der Waals surface area (Å²) in [5, 5.41) is 25.7. The predicted molar refractivity (Wildman–Crippen MR) is 117 cm³/mol. The summed E-state index contributed by atoms with van der Waals surface area (Å²) in [4.78, 5) is 18.9. The fourth-order valence-corrected chi connectivity index (χ4v) is 3.60. The van der Waals surface area contributed by atoms with E-state index in [1.165, 1.54) is 0 Å². The number of morpholine rings is 1. The number of anilines is 3. The lowest BCUT2D eigenvalue weighted by Crippen LogP contribution is -2.40. The Morgan fingerprint density at radius 1 is 1.23 bits per heavy atom. The number of nitrogens with zero attached hydrogens (tertiary/aromatic N) is 4. The number of nitrogen functional groups attached to an aromatic ring is 1. The zero-order valence-corrected chi connectivity index (χ0v) is 17.2. The van der Waals surface area contributed by atoms with E-state index in [0.717, 1.165) is 25.9 Å². The van der Waals surface area contributed by atoms with E-state index in [9.17, 15) is 4.79 Å². The highest BCUT2D eigenvalue weighted by molar-refractivity contribution is 5.98. The highest BCUT2D eigenvalue weighted by atomic mass is 16.5. The van der Waals surface area contributed by atoms with E-state index in [0.29, 0.717) is 49.3 Å². The van der Waals surface area contributed by atoms with Crippen molar-refractivity contribution in [2.45, 2.75) is 18.9 Å². The lowest BCUT2D eigenvalue weighted by Gasteiger charge is -2.26. The zero-order chi connectivity index (χ0) is 21.6. The van der Waals surface area contributed by atoms with Crippen molar-refractivity contribution in [1.82, 2.24) is 25.4 Å². The standard InChI is InChI=1S/C20H27N9O2/c21-17(22)16-18(26-20(28-27-16)25-15-2-1-7-23-12-15)24-14-5-3-13(4-6-14)19(30)29-8-10-31-11-9-29/h3-6,15,23H,1-2,7-12H2,(H3,21,22)(H2,24,25,26,28)/t15-/m1/s1. The molecule has 6 N–H and O–H groups in total.